The number of ether oxygens (including phenoxy) is 2. The molecule has 0 fully saturated rings. The fraction of sp³-hybridized carbons (Fsp3) is 0.167. The molecular weight excluding hydrogens is 232 g/mol. The first kappa shape index (κ1) is 12.0. The smallest absolute Gasteiger partial charge is 0.225 e. The molecule has 0 spiro atoms. The average Bonchev–Trinajstić information content (AvgIpc) is 2.38. The molecule has 0 aliphatic carbocycles. The summed E-state index contributed by atoms with van der Waals surface area (Å²) in [6, 6.07) is 9.17. The van der Waals surface area contributed by atoms with Crippen molar-refractivity contribution in [3.63, 3.8) is 0 Å². The number of nitrogens with zero attached hydrogens (tertiary/aromatic N) is 2. The zero-order valence-electron chi connectivity index (χ0n) is 10.2. The van der Waals surface area contributed by atoms with Gasteiger partial charge in [-0.15, -0.1) is 0 Å². The van der Waals surface area contributed by atoms with Crippen molar-refractivity contribution in [3.8, 4) is 11.6 Å². The minimum absolute atomic E-state index is 0.145. The number of para-hydroxylation sites is 2. The van der Waals surface area contributed by atoms with E-state index in [1.54, 1.807) is 13.2 Å². The summed E-state index contributed by atoms with van der Waals surface area (Å²) in [5, 5.41) is 3.10. The van der Waals surface area contributed by atoms with Gasteiger partial charge in [0.2, 0.25) is 11.8 Å². The Morgan fingerprint density at radius 2 is 1.89 bits per heavy atom. The largest absolute Gasteiger partial charge is 0.495 e. The third-order valence-corrected chi connectivity index (χ3v) is 2.30. The summed E-state index contributed by atoms with van der Waals surface area (Å²) >= 11 is 0. The van der Waals surface area contributed by atoms with Crippen LogP contribution in [0.15, 0.2) is 30.3 Å². The summed E-state index contributed by atoms with van der Waals surface area (Å²) in [6.07, 6.45) is 0. The fourth-order valence-electron chi connectivity index (χ4n) is 1.50. The van der Waals surface area contributed by atoms with Gasteiger partial charge in [-0.25, -0.2) is 0 Å². The summed E-state index contributed by atoms with van der Waals surface area (Å²) in [5.74, 6) is 1.81. The fourth-order valence-corrected chi connectivity index (χ4v) is 1.50. The Morgan fingerprint density at radius 1 is 1.11 bits per heavy atom. The van der Waals surface area contributed by atoms with Gasteiger partial charge >= 0.3 is 0 Å². The van der Waals surface area contributed by atoms with Crippen molar-refractivity contribution in [2.45, 2.75) is 0 Å². The van der Waals surface area contributed by atoms with Gasteiger partial charge in [0.25, 0.3) is 0 Å². The molecule has 0 amide bonds. The monoisotopic (exact) mass is 246 g/mol. The minimum atomic E-state index is 0.145. The summed E-state index contributed by atoms with van der Waals surface area (Å²) in [5.41, 5.74) is 6.38. The molecule has 0 bridgehead atoms. The molecule has 2 aromatic rings. The zero-order valence-corrected chi connectivity index (χ0v) is 10.2. The standard InChI is InChI=1S/C12H14N4O2/c1-17-9-6-4-3-5-8(9)14-10-7-11(18-2)16-12(13)15-10/h3-7H,1-2H3,(H3,13,14,15,16). The summed E-state index contributed by atoms with van der Waals surface area (Å²) in [6.45, 7) is 0. The highest BCUT2D eigenvalue weighted by Gasteiger charge is 2.06. The zero-order chi connectivity index (χ0) is 13.0. The molecular formula is C12H14N4O2. The van der Waals surface area contributed by atoms with Crippen LogP contribution in [0.3, 0.4) is 0 Å². The predicted octanol–water partition coefficient (Wildman–Crippen LogP) is 1.82. The molecule has 1 aromatic carbocycles. The minimum Gasteiger partial charge on any atom is -0.495 e. The molecule has 1 aromatic heterocycles. The molecule has 0 saturated heterocycles. The van der Waals surface area contributed by atoms with E-state index >= 15 is 0 Å². The van der Waals surface area contributed by atoms with Crippen molar-refractivity contribution < 1.29 is 9.47 Å². The van der Waals surface area contributed by atoms with Gasteiger partial charge < -0.3 is 20.5 Å². The molecule has 0 unspecified atom stereocenters. The van der Waals surface area contributed by atoms with Crippen LogP contribution in [0.4, 0.5) is 17.5 Å². The molecule has 1 heterocycles. The maximum absolute atomic E-state index is 5.59. The van der Waals surface area contributed by atoms with E-state index in [0.29, 0.717) is 17.4 Å². The van der Waals surface area contributed by atoms with E-state index in [0.717, 1.165) is 5.69 Å². The van der Waals surface area contributed by atoms with Crippen molar-refractivity contribution in [3.05, 3.63) is 30.3 Å². The molecule has 0 aliphatic rings. The molecule has 0 aliphatic heterocycles. The highest BCUT2D eigenvalue weighted by atomic mass is 16.5. The quantitative estimate of drug-likeness (QED) is 0.856. The molecule has 0 saturated carbocycles. The van der Waals surface area contributed by atoms with Gasteiger partial charge in [-0.3, -0.25) is 0 Å². The maximum atomic E-state index is 5.59. The van der Waals surface area contributed by atoms with Crippen LogP contribution >= 0.6 is 0 Å². The molecule has 6 heteroatoms. The van der Waals surface area contributed by atoms with E-state index in [1.807, 2.05) is 24.3 Å². The van der Waals surface area contributed by atoms with E-state index < -0.39 is 0 Å². The highest BCUT2D eigenvalue weighted by Crippen LogP contribution is 2.27. The van der Waals surface area contributed by atoms with Gasteiger partial charge in [0.15, 0.2) is 0 Å². The predicted molar refractivity (Wildman–Crippen MR) is 69.3 cm³/mol. The molecule has 3 N–H and O–H groups in total. The van der Waals surface area contributed by atoms with Gasteiger partial charge in [0, 0.05) is 6.07 Å². The molecule has 0 radical (unpaired) electrons. The number of nitrogens with one attached hydrogen (secondary N) is 1. The van der Waals surface area contributed by atoms with Gasteiger partial charge in [-0.1, -0.05) is 12.1 Å². The molecule has 6 nitrogen and oxygen atoms in total. The van der Waals surface area contributed by atoms with Gasteiger partial charge in [-0.2, -0.15) is 9.97 Å². The van der Waals surface area contributed by atoms with E-state index in [1.165, 1.54) is 7.11 Å². The normalized spacial score (nSPS) is 9.89. The lowest BCUT2D eigenvalue weighted by Crippen LogP contribution is -2.02. The number of hydrogen-bond acceptors (Lipinski definition) is 6. The third kappa shape index (κ3) is 2.60. The lowest BCUT2D eigenvalue weighted by Gasteiger charge is -2.11. The Balaban J connectivity index is 2.30. The molecule has 94 valence electrons. The van der Waals surface area contributed by atoms with Crippen molar-refractivity contribution in [1.82, 2.24) is 9.97 Å². The number of nitrogen functional groups attached to an aromatic ring is 1. The Kier molecular flexibility index (Phi) is 3.47. The highest BCUT2D eigenvalue weighted by molar-refractivity contribution is 5.64. The number of benzene rings is 1. The van der Waals surface area contributed by atoms with Gasteiger partial charge in [0.05, 0.1) is 19.9 Å². The van der Waals surface area contributed by atoms with Crippen molar-refractivity contribution in [2.24, 2.45) is 0 Å². The number of methoxy groups -OCH3 is 2. The van der Waals surface area contributed by atoms with Crippen molar-refractivity contribution in [1.29, 1.82) is 0 Å². The van der Waals surface area contributed by atoms with E-state index in [2.05, 4.69) is 15.3 Å². The summed E-state index contributed by atoms with van der Waals surface area (Å²) in [7, 11) is 3.13. The van der Waals surface area contributed by atoms with Crippen LogP contribution in [-0.4, -0.2) is 24.2 Å². The summed E-state index contributed by atoms with van der Waals surface area (Å²) < 4.78 is 10.3. The number of rotatable bonds is 4. The van der Waals surface area contributed by atoms with Gasteiger partial charge in [0.1, 0.15) is 11.6 Å². The number of aromatic nitrogens is 2. The van der Waals surface area contributed by atoms with E-state index in [-0.39, 0.29) is 5.95 Å². The first-order valence-electron chi connectivity index (χ1n) is 5.31. The van der Waals surface area contributed by atoms with Crippen LogP contribution in [0, 0.1) is 0 Å². The second-order valence-corrected chi connectivity index (χ2v) is 3.48. The second kappa shape index (κ2) is 5.22. The van der Waals surface area contributed by atoms with Crippen molar-refractivity contribution >= 4 is 17.5 Å². The number of hydrogen-bond donors (Lipinski definition) is 2. The first-order valence-corrected chi connectivity index (χ1v) is 5.31. The van der Waals surface area contributed by atoms with Crippen LogP contribution in [-0.2, 0) is 0 Å². The molecule has 18 heavy (non-hydrogen) atoms. The van der Waals surface area contributed by atoms with Gasteiger partial charge in [-0.05, 0) is 12.1 Å². The van der Waals surface area contributed by atoms with Crippen LogP contribution < -0.4 is 20.5 Å². The maximum Gasteiger partial charge on any atom is 0.225 e. The second-order valence-electron chi connectivity index (χ2n) is 3.48. The van der Waals surface area contributed by atoms with Crippen LogP contribution in [0.25, 0.3) is 0 Å². The van der Waals surface area contributed by atoms with Crippen LogP contribution in [0.2, 0.25) is 0 Å². The lowest BCUT2D eigenvalue weighted by molar-refractivity contribution is 0.398. The first-order chi connectivity index (χ1) is 8.72. The Hall–Kier alpha value is -2.50. The van der Waals surface area contributed by atoms with Crippen LogP contribution in [0.5, 0.6) is 11.6 Å². The SMILES string of the molecule is COc1cc(Nc2ccccc2OC)nc(N)n1. The molecule has 2 rings (SSSR count). The lowest BCUT2D eigenvalue weighted by atomic mass is 10.3. The Morgan fingerprint density at radius 3 is 2.61 bits per heavy atom. The van der Waals surface area contributed by atoms with E-state index in [4.69, 9.17) is 15.2 Å². The van der Waals surface area contributed by atoms with Crippen molar-refractivity contribution in [2.75, 3.05) is 25.3 Å². The van der Waals surface area contributed by atoms with Crippen LogP contribution in [0.1, 0.15) is 0 Å². The average molecular weight is 246 g/mol. The third-order valence-electron chi connectivity index (χ3n) is 2.30. The Labute approximate surface area is 105 Å². The number of nitrogens with two attached hydrogens (primary N) is 1. The number of anilines is 3. The Bertz CT molecular complexity index is 545. The van der Waals surface area contributed by atoms with E-state index in [9.17, 15) is 0 Å². The topological polar surface area (TPSA) is 82.3 Å². The molecule has 0 atom stereocenters. The summed E-state index contributed by atoms with van der Waals surface area (Å²) in [4.78, 5) is 7.98.